The van der Waals surface area contributed by atoms with E-state index in [9.17, 15) is 4.79 Å². The second-order valence-corrected chi connectivity index (χ2v) is 10.7. The Morgan fingerprint density at radius 2 is 1.86 bits per heavy atom. The first kappa shape index (κ1) is 25.0. The second-order valence-electron chi connectivity index (χ2n) is 10.7. The molecular formula is C30H38N2O3. The van der Waals surface area contributed by atoms with Gasteiger partial charge in [0.25, 0.3) is 0 Å². The molecule has 0 saturated carbocycles. The number of aryl methyl sites for hydroxylation is 1. The summed E-state index contributed by atoms with van der Waals surface area (Å²) < 4.78 is 12.4. The van der Waals surface area contributed by atoms with Crippen LogP contribution in [0.1, 0.15) is 61.9 Å². The molecule has 1 unspecified atom stereocenters. The van der Waals surface area contributed by atoms with Crippen LogP contribution in [-0.4, -0.2) is 29.6 Å². The van der Waals surface area contributed by atoms with Gasteiger partial charge in [-0.1, -0.05) is 32.0 Å². The van der Waals surface area contributed by atoms with E-state index in [4.69, 9.17) is 14.5 Å². The number of nitrogens with zero attached hydrogens (tertiary/aromatic N) is 2. The Kier molecular flexibility index (Phi) is 6.81. The fourth-order valence-corrected chi connectivity index (χ4v) is 5.27. The lowest BCUT2D eigenvalue weighted by Gasteiger charge is -2.42. The molecule has 0 aliphatic carbocycles. The summed E-state index contributed by atoms with van der Waals surface area (Å²) in [6.45, 7) is 18.1. The number of fused-ring (bicyclic) bond motifs is 2. The highest BCUT2D eigenvalue weighted by molar-refractivity contribution is 5.83. The molecule has 0 N–H and O–H groups in total. The molecule has 2 heterocycles. The van der Waals surface area contributed by atoms with Gasteiger partial charge >= 0.3 is 5.97 Å². The van der Waals surface area contributed by atoms with E-state index < -0.39 is 0 Å². The van der Waals surface area contributed by atoms with Crippen molar-refractivity contribution >= 4 is 22.7 Å². The van der Waals surface area contributed by atoms with Crippen molar-refractivity contribution in [2.75, 3.05) is 18.0 Å². The van der Waals surface area contributed by atoms with Crippen molar-refractivity contribution in [3.63, 3.8) is 0 Å². The van der Waals surface area contributed by atoms with Crippen LogP contribution in [0, 0.1) is 33.6 Å². The number of esters is 1. The number of para-hydroxylation sites is 1. The summed E-state index contributed by atoms with van der Waals surface area (Å²) in [7, 11) is 0. The first-order valence-electron chi connectivity index (χ1n) is 12.6. The molecule has 186 valence electrons. The first-order valence-corrected chi connectivity index (χ1v) is 12.6. The molecule has 1 aromatic heterocycles. The van der Waals surface area contributed by atoms with Gasteiger partial charge in [0.05, 0.1) is 12.1 Å². The van der Waals surface area contributed by atoms with Gasteiger partial charge in [-0.05, 0) is 87.8 Å². The number of hydrogen-bond donors (Lipinski definition) is 0. The predicted molar refractivity (Wildman–Crippen MR) is 143 cm³/mol. The van der Waals surface area contributed by atoms with E-state index in [0.717, 1.165) is 65.3 Å². The zero-order valence-corrected chi connectivity index (χ0v) is 22.4. The summed E-state index contributed by atoms with van der Waals surface area (Å²) >= 11 is 0. The van der Waals surface area contributed by atoms with Gasteiger partial charge in [0, 0.05) is 24.4 Å². The van der Waals surface area contributed by atoms with Crippen LogP contribution >= 0.6 is 0 Å². The Labute approximate surface area is 209 Å². The minimum Gasteiger partial charge on any atom is -0.485 e. The molecule has 1 aliphatic heterocycles. The number of carbonyl (C=O) groups is 1. The molecule has 35 heavy (non-hydrogen) atoms. The molecule has 0 amide bonds. The van der Waals surface area contributed by atoms with Gasteiger partial charge in [0.15, 0.2) is 0 Å². The summed E-state index contributed by atoms with van der Waals surface area (Å²) in [5.74, 6) is 2.81. The van der Waals surface area contributed by atoms with Gasteiger partial charge in [-0.3, -0.25) is 4.79 Å². The van der Waals surface area contributed by atoms with E-state index in [2.05, 4.69) is 63.8 Å². The Balaban J connectivity index is 1.69. The number of aromatic nitrogens is 1. The van der Waals surface area contributed by atoms with Crippen molar-refractivity contribution in [1.29, 1.82) is 0 Å². The third-order valence-electron chi connectivity index (χ3n) is 7.15. The molecule has 0 saturated heterocycles. The van der Waals surface area contributed by atoms with E-state index in [-0.39, 0.29) is 11.6 Å². The fourth-order valence-electron chi connectivity index (χ4n) is 5.27. The summed E-state index contributed by atoms with van der Waals surface area (Å²) in [6.07, 6.45) is 1.76. The average molecular weight is 475 g/mol. The SMILES string of the molecule is CC(=O)Oc1c(C)c(C)c2c(c1C)CCC(C)(CN(CC(C)C)c1cc(C)c3ccccc3n1)O2. The number of anilines is 1. The maximum Gasteiger partial charge on any atom is 0.308 e. The van der Waals surface area contributed by atoms with Gasteiger partial charge in [0.2, 0.25) is 0 Å². The van der Waals surface area contributed by atoms with E-state index in [0.29, 0.717) is 11.7 Å². The van der Waals surface area contributed by atoms with Crippen molar-refractivity contribution in [3.8, 4) is 11.5 Å². The highest BCUT2D eigenvalue weighted by Gasteiger charge is 2.37. The summed E-state index contributed by atoms with van der Waals surface area (Å²) in [5.41, 5.74) is 6.06. The number of pyridine rings is 1. The monoisotopic (exact) mass is 474 g/mol. The van der Waals surface area contributed by atoms with Crippen molar-refractivity contribution in [3.05, 3.63) is 58.1 Å². The summed E-state index contributed by atoms with van der Waals surface area (Å²) in [5, 5.41) is 1.19. The number of ether oxygens (including phenoxy) is 2. The molecule has 0 spiro atoms. The number of hydrogen-bond acceptors (Lipinski definition) is 5. The molecular weight excluding hydrogens is 436 g/mol. The molecule has 0 bridgehead atoms. The minimum absolute atomic E-state index is 0.292. The van der Waals surface area contributed by atoms with Crippen LogP contribution in [0.2, 0.25) is 0 Å². The molecule has 2 aromatic carbocycles. The van der Waals surface area contributed by atoms with Crippen LogP contribution in [0.15, 0.2) is 30.3 Å². The quantitative estimate of drug-likeness (QED) is 0.296. The summed E-state index contributed by atoms with van der Waals surface area (Å²) in [6, 6.07) is 10.5. The van der Waals surface area contributed by atoms with Crippen LogP contribution in [-0.2, 0) is 11.2 Å². The Bertz CT molecular complexity index is 1280. The first-order chi connectivity index (χ1) is 16.5. The molecule has 0 radical (unpaired) electrons. The summed E-state index contributed by atoms with van der Waals surface area (Å²) in [4.78, 5) is 19.1. The normalized spacial score (nSPS) is 17.3. The van der Waals surface area contributed by atoms with E-state index >= 15 is 0 Å². The Morgan fingerprint density at radius 3 is 2.54 bits per heavy atom. The second kappa shape index (κ2) is 9.52. The van der Waals surface area contributed by atoms with Gasteiger partial charge in [-0.15, -0.1) is 0 Å². The third-order valence-corrected chi connectivity index (χ3v) is 7.15. The van der Waals surface area contributed by atoms with Crippen LogP contribution in [0.5, 0.6) is 11.5 Å². The minimum atomic E-state index is -0.365. The van der Waals surface area contributed by atoms with Gasteiger partial charge in [-0.2, -0.15) is 0 Å². The fraction of sp³-hybridized carbons (Fsp3) is 0.467. The third kappa shape index (κ3) is 5.00. The topological polar surface area (TPSA) is 51.7 Å². The van der Waals surface area contributed by atoms with Gasteiger partial charge in [0.1, 0.15) is 22.9 Å². The largest absolute Gasteiger partial charge is 0.485 e. The Hall–Kier alpha value is -3.08. The predicted octanol–water partition coefficient (Wildman–Crippen LogP) is 6.64. The van der Waals surface area contributed by atoms with Crippen LogP contribution < -0.4 is 14.4 Å². The molecule has 3 aromatic rings. The van der Waals surface area contributed by atoms with Crippen LogP contribution in [0.3, 0.4) is 0 Å². The zero-order chi connectivity index (χ0) is 25.5. The average Bonchev–Trinajstić information content (AvgIpc) is 2.79. The number of rotatable bonds is 6. The molecule has 5 heteroatoms. The number of carbonyl (C=O) groups excluding carboxylic acids is 1. The van der Waals surface area contributed by atoms with Crippen LogP contribution in [0.4, 0.5) is 5.82 Å². The van der Waals surface area contributed by atoms with E-state index in [1.807, 2.05) is 19.9 Å². The van der Waals surface area contributed by atoms with E-state index in [1.54, 1.807) is 0 Å². The Morgan fingerprint density at radius 1 is 1.14 bits per heavy atom. The highest BCUT2D eigenvalue weighted by Crippen LogP contribution is 2.44. The zero-order valence-electron chi connectivity index (χ0n) is 22.4. The standard InChI is InChI=1S/C30H38N2O3/c1-18(2)16-32(27-15-19(3)24-11-9-10-12-26(24)31-27)17-30(8)14-13-25-22(6)28(34-23(7)33)20(4)21(5)29(25)35-30/h9-12,15,18H,13-14,16-17H2,1-8H3. The molecule has 0 fully saturated rings. The van der Waals surface area contributed by atoms with Gasteiger partial charge < -0.3 is 14.4 Å². The van der Waals surface area contributed by atoms with Gasteiger partial charge in [-0.25, -0.2) is 4.98 Å². The lowest BCUT2D eigenvalue weighted by atomic mass is 9.86. The molecule has 4 rings (SSSR count). The van der Waals surface area contributed by atoms with Crippen molar-refractivity contribution in [2.45, 2.75) is 73.8 Å². The van der Waals surface area contributed by atoms with Crippen molar-refractivity contribution < 1.29 is 14.3 Å². The number of benzene rings is 2. The van der Waals surface area contributed by atoms with Crippen molar-refractivity contribution in [1.82, 2.24) is 4.98 Å². The maximum atomic E-state index is 11.7. The molecule has 1 atom stereocenters. The highest BCUT2D eigenvalue weighted by atomic mass is 16.5. The van der Waals surface area contributed by atoms with Crippen LogP contribution in [0.25, 0.3) is 10.9 Å². The molecule has 1 aliphatic rings. The smallest absolute Gasteiger partial charge is 0.308 e. The molecule has 5 nitrogen and oxygen atoms in total. The van der Waals surface area contributed by atoms with Crippen molar-refractivity contribution in [2.24, 2.45) is 5.92 Å². The lowest BCUT2D eigenvalue weighted by Crippen LogP contribution is -2.49. The lowest BCUT2D eigenvalue weighted by molar-refractivity contribution is -0.132. The van der Waals surface area contributed by atoms with E-state index in [1.165, 1.54) is 17.9 Å². The maximum absolute atomic E-state index is 11.7.